The van der Waals surface area contributed by atoms with E-state index in [0.717, 1.165) is 6.07 Å². The second-order valence-corrected chi connectivity index (χ2v) is 4.45. The number of furan rings is 1. The first-order valence-electron chi connectivity index (χ1n) is 4.92. The predicted molar refractivity (Wildman–Crippen MR) is 61.4 cm³/mol. The van der Waals surface area contributed by atoms with Gasteiger partial charge in [0, 0.05) is 17.5 Å². The van der Waals surface area contributed by atoms with Crippen LogP contribution in [0.5, 0.6) is 0 Å². The molecule has 0 radical (unpaired) electrons. The predicted octanol–water partition coefficient (Wildman–Crippen LogP) is 3.60. The largest absolute Gasteiger partial charge is 0.472 e. The van der Waals surface area contributed by atoms with E-state index >= 15 is 0 Å². The smallest absolute Gasteiger partial charge is 0.143 e. The van der Waals surface area contributed by atoms with Gasteiger partial charge in [-0.2, -0.15) is 0 Å². The molecule has 17 heavy (non-hydrogen) atoms. The van der Waals surface area contributed by atoms with Gasteiger partial charge in [-0.3, -0.25) is 0 Å². The van der Waals surface area contributed by atoms with Crippen molar-refractivity contribution in [2.45, 2.75) is 12.5 Å². The molecule has 0 fully saturated rings. The molecule has 0 bridgehead atoms. The number of hydrogen-bond acceptors (Lipinski definition) is 2. The van der Waals surface area contributed by atoms with Crippen LogP contribution in [0.25, 0.3) is 0 Å². The minimum absolute atomic E-state index is 0.142. The van der Waals surface area contributed by atoms with Gasteiger partial charge < -0.3 is 9.52 Å². The summed E-state index contributed by atoms with van der Waals surface area (Å²) >= 11 is 2.98. The van der Waals surface area contributed by atoms with Crippen molar-refractivity contribution in [1.82, 2.24) is 0 Å². The average molecular weight is 303 g/mol. The first-order valence-corrected chi connectivity index (χ1v) is 5.71. The van der Waals surface area contributed by atoms with E-state index in [9.17, 15) is 13.9 Å². The second-order valence-electron chi connectivity index (χ2n) is 3.60. The Kier molecular flexibility index (Phi) is 3.59. The zero-order valence-electron chi connectivity index (χ0n) is 8.66. The van der Waals surface area contributed by atoms with Gasteiger partial charge in [0.1, 0.15) is 11.6 Å². The van der Waals surface area contributed by atoms with E-state index in [-0.39, 0.29) is 16.5 Å². The SMILES string of the molecule is OC(Cc1c(F)ccc(Br)c1F)c1ccoc1. The molecular weight excluding hydrogens is 294 g/mol. The number of benzene rings is 1. The molecule has 1 aromatic heterocycles. The third kappa shape index (κ3) is 2.56. The minimum Gasteiger partial charge on any atom is -0.472 e. The number of aliphatic hydroxyl groups is 1. The highest BCUT2D eigenvalue weighted by molar-refractivity contribution is 9.10. The van der Waals surface area contributed by atoms with Gasteiger partial charge >= 0.3 is 0 Å². The van der Waals surface area contributed by atoms with Gasteiger partial charge in [-0.15, -0.1) is 0 Å². The van der Waals surface area contributed by atoms with Gasteiger partial charge in [0.05, 0.1) is 23.1 Å². The Morgan fingerprint density at radius 2 is 2.06 bits per heavy atom. The van der Waals surface area contributed by atoms with Gasteiger partial charge in [-0.05, 0) is 34.1 Å². The Hall–Kier alpha value is -1.20. The first kappa shape index (κ1) is 12.3. The van der Waals surface area contributed by atoms with Crippen LogP contribution in [-0.2, 0) is 6.42 Å². The molecule has 2 aromatic rings. The number of halogens is 3. The standard InChI is InChI=1S/C12H9BrF2O2/c13-9-1-2-10(14)8(12(9)15)5-11(16)7-3-4-17-6-7/h1-4,6,11,16H,5H2. The van der Waals surface area contributed by atoms with Crippen molar-refractivity contribution in [1.29, 1.82) is 0 Å². The fourth-order valence-corrected chi connectivity index (χ4v) is 1.90. The minimum atomic E-state index is -0.993. The van der Waals surface area contributed by atoms with Crippen molar-refractivity contribution in [3.8, 4) is 0 Å². The van der Waals surface area contributed by atoms with Crippen LogP contribution in [0.2, 0.25) is 0 Å². The first-order chi connectivity index (χ1) is 8.09. The molecule has 5 heteroatoms. The third-order valence-corrected chi connectivity index (χ3v) is 3.08. The van der Waals surface area contributed by atoms with E-state index in [0.29, 0.717) is 5.56 Å². The maximum atomic E-state index is 13.6. The summed E-state index contributed by atoms with van der Waals surface area (Å²) in [4.78, 5) is 0. The summed E-state index contributed by atoms with van der Waals surface area (Å²) in [5, 5.41) is 9.79. The molecule has 0 spiro atoms. The maximum Gasteiger partial charge on any atom is 0.143 e. The van der Waals surface area contributed by atoms with Crippen molar-refractivity contribution >= 4 is 15.9 Å². The number of aliphatic hydroxyl groups excluding tert-OH is 1. The highest BCUT2D eigenvalue weighted by atomic mass is 79.9. The van der Waals surface area contributed by atoms with Gasteiger partial charge in [-0.1, -0.05) is 0 Å². The highest BCUT2D eigenvalue weighted by Crippen LogP contribution is 2.26. The molecule has 1 unspecified atom stereocenters. The normalized spacial score (nSPS) is 12.7. The quantitative estimate of drug-likeness (QED) is 0.879. The third-order valence-electron chi connectivity index (χ3n) is 2.46. The van der Waals surface area contributed by atoms with E-state index in [1.54, 1.807) is 6.07 Å². The summed E-state index contributed by atoms with van der Waals surface area (Å²) in [7, 11) is 0. The fraction of sp³-hybridized carbons (Fsp3) is 0.167. The molecule has 0 aliphatic rings. The van der Waals surface area contributed by atoms with E-state index < -0.39 is 17.7 Å². The van der Waals surface area contributed by atoms with Crippen LogP contribution >= 0.6 is 15.9 Å². The van der Waals surface area contributed by atoms with Crippen LogP contribution in [0.3, 0.4) is 0 Å². The Bertz CT molecular complexity index is 511. The summed E-state index contributed by atoms with van der Waals surface area (Å²) in [6, 6.07) is 4.00. The van der Waals surface area contributed by atoms with E-state index in [2.05, 4.69) is 15.9 Å². The summed E-state index contributed by atoms with van der Waals surface area (Å²) in [5.41, 5.74) is 0.344. The molecule has 0 aliphatic carbocycles. The van der Waals surface area contributed by atoms with Crippen molar-refractivity contribution in [2.75, 3.05) is 0 Å². The lowest BCUT2D eigenvalue weighted by Gasteiger charge is -2.11. The van der Waals surface area contributed by atoms with E-state index in [1.807, 2.05) is 0 Å². The van der Waals surface area contributed by atoms with Crippen LogP contribution in [0.4, 0.5) is 8.78 Å². The van der Waals surface area contributed by atoms with Gasteiger partial charge in [0.25, 0.3) is 0 Å². The van der Waals surface area contributed by atoms with Crippen LogP contribution in [0.15, 0.2) is 39.6 Å². The van der Waals surface area contributed by atoms with E-state index in [1.165, 1.54) is 18.6 Å². The lowest BCUT2D eigenvalue weighted by molar-refractivity contribution is 0.174. The summed E-state index contributed by atoms with van der Waals surface area (Å²) in [6.45, 7) is 0. The van der Waals surface area contributed by atoms with Crippen molar-refractivity contribution in [3.05, 3.63) is 58.0 Å². The summed E-state index contributed by atoms with van der Waals surface area (Å²) < 4.78 is 32.1. The van der Waals surface area contributed by atoms with Crippen LogP contribution < -0.4 is 0 Å². The number of hydrogen-bond donors (Lipinski definition) is 1. The van der Waals surface area contributed by atoms with Crippen LogP contribution in [-0.4, -0.2) is 5.11 Å². The second kappa shape index (κ2) is 4.98. The summed E-state index contributed by atoms with van der Waals surface area (Å²) in [5.74, 6) is -1.36. The molecular formula is C12H9BrF2O2. The molecule has 1 heterocycles. The molecule has 0 amide bonds. The monoisotopic (exact) mass is 302 g/mol. The number of rotatable bonds is 3. The van der Waals surface area contributed by atoms with Gasteiger partial charge in [0.2, 0.25) is 0 Å². The molecule has 0 aliphatic heterocycles. The molecule has 1 N–H and O–H groups in total. The summed E-state index contributed by atoms with van der Waals surface area (Å²) in [6.07, 6.45) is 1.61. The van der Waals surface area contributed by atoms with Gasteiger partial charge in [0.15, 0.2) is 0 Å². The topological polar surface area (TPSA) is 33.4 Å². The fourth-order valence-electron chi connectivity index (χ4n) is 1.53. The zero-order chi connectivity index (χ0) is 12.4. The molecule has 0 saturated heterocycles. The maximum absolute atomic E-state index is 13.6. The Balaban J connectivity index is 2.27. The zero-order valence-corrected chi connectivity index (χ0v) is 10.2. The Morgan fingerprint density at radius 3 is 2.71 bits per heavy atom. The lowest BCUT2D eigenvalue weighted by Crippen LogP contribution is -2.05. The van der Waals surface area contributed by atoms with Crippen LogP contribution in [0, 0.1) is 11.6 Å². The lowest BCUT2D eigenvalue weighted by atomic mass is 10.0. The Morgan fingerprint density at radius 1 is 1.29 bits per heavy atom. The Labute approximate surface area is 105 Å². The van der Waals surface area contributed by atoms with Crippen molar-refractivity contribution in [2.24, 2.45) is 0 Å². The van der Waals surface area contributed by atoms with Crippen molar-refractivity contribution < 1.29 is 18.3 Å². The highest BCUT2D eigenvalue weighted by Gasteiger charge is 2.18. The molecule has 1 aromatic carbocycles. The van der Waals surface area contributed by atoms with E-state index in [4.69, 9.17) is 4.42 Å². The molecule has 90 valence electrons. The molecule has 1 atom stereocenters. The van der Waals surface area contributed by atoms with Crippen molar-refractivity contribution in [3.63, 3.8) is 0 Å². The average Bonchev–Trinajstić information content (AvgIpc) is 2.83. The molecule has 0 saturated carbocycles. The van der Waals surface area contributed by atoms with Crippen LogP contribution in [0.1, 0.15) is 17.2 Å². The van der Waals surface area contributed by atoms with Gasteiger partial charge in [-0.25, -0.2) is 8.78 Å². The molecule has 2 nitrogen and oxygen atoms in total. The molecule has 2 rings (SSSR count).